The largest absolute Gasteiger partial charge is 0.384 e. The quantitative estimate of drug-likeness (QED) is 0.848. The number of rotatable bonds is 2. The molecule has 0 unspecified atom stereocenters. The molecule has 0 spiro atoms. The van der Waals surface area contributed by atoms with Crippen LogP contribution in [0.25, 0.3) is 0 Å². The molecule has 1 aromatic rings. The van der Waals surface area contributed by atoms with E-state index in [1.54, 1.807) is 6.07 Å². The van der Waals surface area contributed by atoms with E-state index in [1.165, 1.54) is 31.9 Å². The number of carbonyl (C=O) groups is 1. The average molecular weight is 282 g/mol. The number of pyridine rings is 1. The van der Waals surface area contributed by atoms with Crippen LogP contribution in [0.3, 0.4) is 0 Å². The van der Waals surface area contributed by atoms with Crippen LogP contribution in [0.5, 0.6) is 0 Å². The van der Waals surface area contributed by atoms with E-state index in [2.05, 4.69) is 4.98 Å². The van der Waals surface area contributed by atoms with Gasteiger partial charge in [0.2, 0.25) is 0 Å². The molecule has 1 aromatic heterocycles. The lowest BCUT2D eigenvalue weighted by Gasteiger charge is -2.27. The van der Waals surface area contributed by atoms with Crippen molar-refractivity contribution in [2.45, 2.75) is 44.6 Å². The Bertz CT molecular complexity index is 456. The molecule has 2 N–H and O–H groups in total. The van der Waals surface area contributed by atoms with Crippen molar-refractivity contribution in [1.29, 1.82) is 0 Å². The van der Waals surface area contributed by atoms with E-state index < -0.39 is 0 Å². The molecule has 1 saturated carbocycles. The maximum Gasteiger partial charge on any atom is 0.255 e. The Morgan fingerprint density at radius 1 is 1.37 bits per heavy atom. The smallest absolute Gasteiger partial charge is 0.255 e. The Labute approximate surface area is 118 Å². The second kappa shape index (κ2) is 6.24. The molecule has 1 heterocycles. The number of hydrogen-bond acceptors (Lipinski definition) is 3. The summed E-state index contributed by atoms with van der Waals surface area (Å²) in [5, 5.41) is 0.361. The summed E-state index contributed by atoms with van der Waals surface area (Å²) in [5.74, 6) is 0.257. The summed E-state index contributed by atoms with van der Waals surface area (Å²) >= 11 is 6.04. The molecule has 0 atom stereocenters. The fourth-order valence-corrected chi connectivity index (χ4v) is 2.80. The second-order valence-electron chi connectivity index (χ2n) is 5.15. The maximum atomic E-state index is 12.5. The van der Waals surface area contributed by atoms with Crippen molar-refractivity contribution in [3.8, 4) is 0 Å². The van der Waals surface area contributed by atoms with Gasteiger partial charge in [-0.3, -0.25) is 4.79 Å². The predicted molar refractivity (Wildman–Crippen MR) is 77.2 cm³/mol. The van der Waals surface area contributed by atoms with Crippen molar-refractivity contribution in [2.75, 3.05) is 12.8 Å². The number of aromatic nitrogens is 1. The van der Waals surface area contributed by atoms with Gasteiger partial charge in [-0.25, -0.2) is 4.98 Å². The topological polar surface area (TPSA) is 59.2 Å². The van der Waals surface area contributed by atoms with E-state index in [0.717, 1.165) is 12.8 Å². The van der Waals surface area contributed by atoms with Crippen molar-refractivity contribution < 1.29 is 4.79 Å². The first-order chi connectivity index (χ1) is 9.09. The standard InChI is InChI=1S/C14H20ClN3O/c1-18(10-6-4-2-3-5-7-10)14(19)11-8-13(16)17-9-12(11)15/h8-10H,2-7H2,1H3,(H2,16,17). The van der Waals surface area contributed by atoms with Crippen LogP contribution in [-0.4, -0.2) is 28.9 Å². The molecule has 1 aliphatic rings. The van der Waals surface area contributed by atoms with Crippen molar-refractivity contribution in [3.63, 3.8) is 0 Å². The summed E-state index contributed by atoms with van der Waals surface area (Å²) in [6.07, 6.45) is 8.48. The first-order valence-corrected chi connectivity index (χ1v) is 7.15. The van der Waals surface area contributed by atoms with Crippen molar-refractivity contribution in [2.24, 2.45) is 0 Å². The fraction of sp³-hybridized carbons (Fsp3) is 0.571. The van der Waals surface area contributed by atoms with Gasteiger partial charge in [0.1, 0.15) is 5.82 Å². The highest BCUT2D eigenvalue weighted by Crippen LogP contribution is 2.24. The Balaban J connectivity index is 2.15. The molecule has 0 radical (unpaired) electrons. The highest BCUT2D eigenvalue weighted by Gasteiger charge is 2.23. The summed E-state index contributed by atoms with van der Waals surface area (Å²) in [7, 11) is 1.85. The molecule has 1 fully saturated rings. The van der Waals surface area contributed by atoms with Crippen molar-refractivity contribution in [3.05, 3.63) is 22.8 Å². The molecule has 0 aromatic carbocycles. The van der Waals surface area contributed by atoms with Crippen LogP contribution in [0.1, 0.15) is 48.9 Å². The van der Waals surface area contributed by atoms with Gasteiger partial charge in [-0.1, -0.05) is 37.3 Å². The Morgan fingerprint density at radius 3 is 2.63 bits per heavy atom. The Morgan fingerprint density at radius 2 is 2.00 bits per heavy atom. The second-order valence-corrected chi connectivity index (χ2v) is 5.56. The Hall–Kier alpha value is -1.29. The van der Waals surface area contributed by atoms with Gasteiger partial charge < -0.3 is 10.6 Å². The molecule has 0 bridgehead atoms. The number of hydrogen-bond donors (Lipinski definition) is 1. The van der Waals surface area contributed by atoms with E-state index in [4.69, 9.17) is 17.3 Å². The van der Waals surface area contributed by atoms with Crippen LogP contribution in [0.4, 0.5) is 5.82 Å². The van der Waals surface area contributed by atoms with Gasteiger partial charge in [0.15, 0.2) is 0 Å². The van der Waals surface area contributed by atoms with Gasteiger partial charge in [-0.15, -0.1) is 0 Å². The normalized spacial score (nSPS) is 16.9. The van der Waals surface area contributed by atoms with Crippen LogP contribution in [0.2, 0.25) is 5.02 Å². The highest BCUT2D eigenvalue weighted by atomic mass is 35.5. The molecular weight excluding hydrogens is 262 g/mol. The van der Waals surface area contributed by atoms with Crippen LogP contribution >= 0.6 is 11.6 Å². The van der Waals surface area contributed by atoms with Crippen LogP contribution < -0.4 is 5.73 Å². The van der Waals surface area contributed by atoms with Crippen LogP contribution in [0, 0.1) is 0 Å². The summed E-state index contributed by atoms with van der Waals surface area (Å²) in [4.78, 5) is 18.2. The van der Waals surface area contributed by atoms with Crippen molar-refractivity contribution >= 4 is 23.3 Å². The number of amides is 1. The number of nitrogens with two attached hydrogens (primary N) is 1. The number of anilines is 1. The third kappa shape index (κ3) is 3.38. The van der Waals surface area contributed by atoms with Gasteiger partial charge in [0, 0.05) is 19.3 Å². The molecular formula is C14H20ClN3O. The molecule has 0 aliphatic heterocycles. The number of nitrogens with zero attached hydrogens (tertiary/aromatic N) is 2. The SMILES string of the molecule is CN(C(=O)c1cc(N)ncc1Cl)C1CCCCCC1. The van der Waals surface area contributed by atoms with Crippen molar-refractivity contribution in [1.82, 2.24) is 9.88 Å². The first-order valence-electron chi connectivity index (χ1n) is 6.78. The van der Waals surface area contributed by atoms with Gasteiger partial charge in [-0.2, -0.15) is 0 Å². The van der Waals surface area contributed by atoms with Gasteiger partial charge in [0.05, 0.1) is 10.6 Å². The van der Waals surface area contributed by atoms with Gasteiger partial charge in [-0.05, 0) is 18.9 Å². The summed E-state index contributed by atoms with van der Waals surface area (Å²) in [5.41, 5.74) is 6.07. The predicted octanol–water partition coefficient (Wildman–Crippen LogP) is 3.11. The van der Waals surface area contributed by atoms with E-state index in [0.29, 0.717) is 22.4 Å². The highest BCUT2D eigenvalue weighted by molar-refractivity contribution is 6.33. The van der Waals surface area contributed by atoms with E-state index in [9.17, 15) is 4.79 Å². The minimum atomic E-state index is -0.0639. The minimum absolute atomic E-state index is 0.0639. The summed E-state index contributed by atoms with van der Waals surface area (Å²) in [6, 6.07) is 1.86. The number of carbonyl (C=O) groups excluding carboxylic acids is 1. The van der Waals surface area contributed by atoms with E-state index >= 15 is 0 Å². The maximum absolute atomic E-state index is 12.5. The molecule has 104 valence electrons. The molecule has 4 nitrogen and oxygen atoms in total. The van der Waals surface area contributed by atoms with E-state index in [1.807, 2.05) is 11.9 Å². The molecule has 2 rings (SSSR count). The third-order valence-electron chi connectivity index (χ3n) is 3.80. The van der Waals surface area contributed by atoms with Crippen LogP contribution in [-0.2, 0) is 0 Å². The molecule has 0 saturated heterocycles. The molecule has 19 heavy (non-hydrogen) atoms. The lowest BCUT2D eigenvalue weighted by Crippen LogP contribution is -2.37. The van der Waals surface area contributed by atoms with E-state index in [-0.39, 0.29) is 5.91 Å². The Kier molecular flexibility index (Phi) is 4.64. The van der Waals surface area contributed by atoms with Gasteiger partial charge >= 0.3 is 0 Å². The summed E-state index contributed by atoms with van der Waals surface area (Å²) < 4.78 is 0. The zero-order valence-electron chi connectivity index (χ0n) is 11.2. The number of nitrogen functional groups attached to an aromatic ring is 1. The molecule has 1 aliphatic carbocycles. The fourth-order valence-electron chi connectivity index (χ4n) is 2.62. The monoisotopic (exact) mass is 281 g/mol. The lowest BCUT2D eigenvalue weighted by molar-refractivity contribution is 0.0718. The molecule has 5 heteroatoms. The zero-order chi connectivity index (χ0) is 13.8. The van der Waals surface area contributed by atoms with Crippen LogP contribution in [0.15, 0.2) is 12.3 Å². The number of halogens is 1. The first kappa shape index (κ1) is 14.1. The van der Waals surface area contributed by atoms with Gasteiger partial charge in [0.25, 0.3) is 5.91 Å². The lowest BCUT2D eigenvalue weighted by atomic mass is 10.1. The zero-order valence-corrected chi connectivity index (χ0v) is 12.0. The average Bonchev–Trinajstić information content (AvgIpc) is 2.69. The molecule has 1 amide bonds. The third-order valence-corrected chi connectivity index (χ3v) is 4.10. The minimum Gasteiger partial charge on any atom is -0.384 e. The summed E-state index contributed by atoms with van der Waals surface area (Å²) in [6.45, 7) is 0.